The van der Waals surface area contributed by atoms with Gasteiger partial charge in [0.2, 0.25) is 0 Å². The Morgan fingerprint density at radius 1 is 1.13 bits per heavy atom. The van der Waals surface area contributed by atoms with Crippen LogP contribution in [0.15, 0.2) is 61.1 Å². The van der Waals surface area contributed by atoms with Gasteiger partial charge in [0.25, 0.3) is 5.91 Å². The summed E-state index contributed by atoms with van der Waals surface area (Å²) < 4.78 is 42.8. The molecule has 0 aliphatic heterocycles. The van der Waals surface area contributed by atoms with Crippen molar-refractivity contribution < 1.29 is 18.0 Å². The molecule has 4 aromatic rings. The summed E-state index contributed by atoms with van der Waals surface area (Å²) in [4.78, 5) is 21.0. The van der Waals surface area contributed by atoms with Gasteiger partial charge in [-0.15, -0.1) is 0 Å². The highest BCUT2D eigenvalue weighted by Crippen LogP contribution is 2.27. The smallest absolute Gasteiger partial charge is 0.320 e. The zero-order valence-corrected chi connectivity index (χ0v) is 16.0. The zero-order valence-electron chi connectivity index (χ0n) is 16.0. The largest absolute Gasteiger partial charge is 0.350 e. The Hall–Kier alpha value is -3.62. The monoisotopic (exact) mass is 413 g/mol. The molecule has 6 nitrogen and oxygen atoms in total. The lowest BCUT2D eigenvalue weighted by atomic mass is 10.1. The number of alkyl halides is 2. The summed E-state index contributed by atoms with van der Waals surface area (Å²) in [6, 6.07) is 12.3. The zero-order chi connectivity index (χ0) is 21.3. The highest BCUT2D eigenvalue weighted by atomic mass is 19.3. The van der Waals surface area contributed by atoms with Crippen molar-refractivity contribution in [2.45, 2.75) is 19.4 Å². The second-order valence-corrected chi connectivity index (χ2v) is 6.84. The number of halogens is 3. The second kappa shape index (κ2) is 8.02. The number of imidazole rings is 2. The first-order valence-electron chi connectivity index (χ1n) is 9.27. The third-order valence-corrected chi connectivity index (χ3v) is 4.80. The molecule has 9 heteroatoms. The van der Waals surface area contributed by atoms with Crippen molar-refractivity contribution in [3.05, 3.63) is 78.4 Å². The van der Waals surface area contributed by atoms with Gasteiger partial charge in [0.15, 0.2) is 0 Å². The van der Waals surface area contributed by atoms with Gasteiger partial charge >= 0.3 is 6.55 Å². The second-order valence-electron chi connectivity index (χ2n) is 6.84. The summed E-state index contributed by atoms with van der Waals surface area (Å²) in [5.41, 5.74) is 1.64. The fourth-order valence-electron chi connectivity index (χ4n) is 3.31. The lowest BCUT2D eigenvalue weighted by Gasteiger charge is -2.15. The number of hydrogen-bond acceptors (Lipinski definition) is 3. The van der Waals surface area contributed by atoms with Crippen LogP contribution in [0.2, 0.25) is 0 Å². The summed E-state index contributed by atoms with van der Waals surface area (Å²) >= 11 is 0. The van der Waals surface area contributed by atoms with Gasteiger partial charge in [-0.2, -0.15) is 8.78 Å². The molecule has 2 heterocycles. The summed E-state index contributed by atoms with van der Waals surface area (Å²) in [5.74, 6) is -1.08. The van der Waals surface area contributed by atoms with E-state index in [1.807, 2.05) is 0 Å². The van der Waals surface area contributed by atoms with Crippen molar-refractivity contribution in [1.29, 1.82) is 0 Å². The molecular formula is C21H18F3N5O. The Balaban J connectivity index is 1.53. The van der Waals surface area contributed by atoms with Gasteiger partial charge in [-0.3, -0.25) is 13.9 Å². The average Bonchev–Trinajstić information content (AvgIpc) is 3.37. The highest BCUT2D eigenvalue weighted by molar-refractivity contribution is 5.93. The Morgan fingerprint density at radius 3 is 2.60 bits per heavy atom. The van der Waals surface area contributed by atoms with Crippen LogP contribution in [0.1, 0.15) is 35.7 Å². The molecule has 2 aromatic carbocycles. The SMILES string of the molecule is C[C@H](CNC(=O)c1cncn1-c1ccc(F)cc1)c1nc2ccccc2n1C(F)F. The Labute approximate surface area is 170 Å². The van der Waals surface area contributed by atoms with E-state index in [0.29, 0.717) is 16.7 Å². The maximum atomic E-state index is 13.6. The van der Waals surface area contributed by atoms with Crippen LogP contribution in [0.25, 0.3) is 16.7 Å². The van der Waals surface area contributed by atoms with E-state index >= 15 is 0 Å². The van der Waals surface area contributed by atoms with Gasteiger partial charge in [0.1, 0.15) is 17.3 Å². The molecule has 0 fully saturated rings. The van der Waals surface area contributed by atoms with Crippen LogP contribution in [-0.2, 0) is 0 Å². The molecule has 30 heavy (non-hydrogen) atoms. The molecule has 1 amide bonds. The minimum atomic E-state index is -2.74. The summed E-state index contributed by atoms with van der Waals surface area (Å²) in [6.07, 6.45) is 2.83. The number of rotatable bonds is 6. The maximum Gasteiger partial charge on any atom is 0.320 e. The van der Waals surface area contributed by atoms with E-state index in [2.05, 4.69) is 15.3 Å². The summed E-state index contributed by atoms with van der Waals surface area (Å²) in [6.45, 7) is -0.924. The van der Waals surface area contributed by atoms with Crippen molar-refractivity contribution in [3.8, 4) is 5.69 Å². The van der Waals surface area contributed by atoms with Crippen LogP contribution in [0.4, 0.5) is 13.2 Å². The first-order chi connectivity index (χ1) is 14.5. The van der Waals surface area contributed by atoms with Gasteiger partial charge in [-0.25, -0.2) is 14.4 Å². The van der Waals surface area contributed by atoms with Crippen LogP contribution in [0, 0.1) is 5.82 Å². The van der Waals surface area contributed by atoms with Crippen LogP contribution in [0.3, 0.4) is 0 Å². The number of nitrogens with zero attached hydrogens (tertiary/aromatic N) is 4. The number of nitrogens with one attached hydrogen (secondary N) is 1. The van der Waals surface area contributed by atoms with Crippen LogP contribution in [-0.4, -0.2) is 31.6 Å². The summed E-state index contributed by atoms with van der Waals surface area (Å²) in [7, 11) is 0. The molecule has 0 spiro atoms. The Morgan fingerprint density at radius 2 is 1.87 bits per heavy atom. The molecule has 0 aliphatic rings. The fourth-order valence-corrected chi connectivity index (χ4v) is 3.31. The lowest BCUT2D eigenvalue weighted by Crippen LogP contribution is -2.30. The van der Waals surface area contributed by atoms with Crippen LogP contribution >= 0.6 is 0 Å². The fraction of sp³-hybridized carbons (Fsp3) is 0.190. The predicted molar refractivity (Wildman–Crippen MR) is 105 cm³/mol. The van der Waals surface area contributed by atoms with E-state index in [4.69, 9.17) is 0 Å². The molecule has 2 aromatic heterocycles. The number of carbonyl (C=O) groups excluding carboxylic acids is 1. The Kier molecular flexibility index (Phi) is 5.26. The van der Waals surface area contributed by atoms with Crippen molar-refractivity contribution in [3.63, 3.8) is 0 Å². The number of hydrogen-bond donors (Lipinski definition) is 1. The molecular weight excluding hydrogens is 395 g/mol. The summed E-state index contributed by atoms with van der Waals surface area (Å²) in [5, 5.41) is 2.74. The van der Waals surface area contributed by atoms with Gasteiger partial charge in [-0.05, 0) is 36.4 Å². The number of aromatic nitrogens is 4. The number of para-hydroxylation sites is 2. The standard InChI is InChI=1S/C21H18F3N5O/c1-13(19-27-16-4-2-3-5-17(16)29(19)21(23)24)10-26-20(30)18-11-25-12-28(18)15-8-6-14(22)7-9-15/h2-9,11-13,21H,10H2,1H3,(H,26,30)/t13-/m1/s1. The van der Waals surface area contributed by atoms with Gasteiger partial charge in [0.05, 0.1) is 23.6 Å². The van der Waals surface area contributed by atoms with E-state index in [-0.39, 0.29) is 23.9 Å². The normalized spacial score (nSPS) is 12.4. The predicted octanol–water partition coefficient (Wildman–Crippen LogP) is 4.29. The highest BCUT2D eigenvalue weighted by Gasteiger charge is 2.23. The van der Waals surface area contributed by atoms with Crippen molar-refractivity contribution in [1.82, 2.24) is 24.4 Å². The third-order valence-electron chi connectivity index (χ3n) is 4.80. The number of benzene rings is 2. The molecule has 0 saturated heterocycles. The average molecular weight is 413 g/mol. The van der Waals surface area contributed by atoms with E-state index in [1.54, 1.807) is 31.2 Å². The van der Waals surface area contributed by atoms with E-state index in [1.165, 1.54) is 41.4 Å². The van der Waals surface area contributed by atoms with Crippen LogP contribution < -0.4 is 5.32 Å². The molecule has 0 unspecified atom stereocenters. The minimum absolute atomic E-state index is 0.101. The Bertz CT molecular complexity index is 1180. The quantitative estimate of drug-likeness (QED) is 0.513. The molecule has 0 bridgehead atoms. The number of amides is 1. The molecule has 154 valence electrons. The molecule has 1 atom stereocenters. The van der Waals surface area contributed by atoms with Crippen LogP contribution in [0.5, 0.6) is 0 Å². The maximum absolute atomic E-state index is 13.6. The van der Waals surface area contributed by atoms with E-state index < -0.39 is 18.4 Å². The molecule has 0 aliphatic carbocycles. The first kappa shape index (κ1) is 19.7. The van der Waals surface area contributed by atoms with Gasteiger partial charge in [0, 0.05) is 18.2 Å². The molecule has 4 rings (SSSR count). The van der Waals surface area contributed by atoms with E-state index in [9.17, 15) is 18.0 Å². The van der Waals surface area contributed by atoms with Crippen molar-refractivity contribution in [2.24, 2.45) is 0 Å². The van der Waals surface area contributed by atoms with Crippen molar-refractivity contribution >= 4 is 16.9 Å². The number of carbonyl (C=O) groups is 1. The minimum Gasteiger partial charge on any atom is -0.350 e. The third kappa shape index (κ3) is 3.66. The lowest BCUT2D eigenvalue weighted by molar-refractivity contribution is 0.0703. The molecule has 1 N–H and O–H groups in total. The van der Waals surface area contributed by atoms with Gasteiger partial charge in [-0.1, -0.05) is 19.1 Å². The molecule has 0 radical (unpaired) electrons. The first-order valence-corrected chi connectivity index (χ1v) is 9.27. The van der Waals surface area contributed by atoms with Gasteiger partial charge < -0.3 is 5.32 Å². The topological polar surface area (TPSA) is 64.7 Å². The number of fused-ring (bicyclic) bond motifs is 1. The van der Waals surface area contributed by atoms with Crippen molar-refractivity contribution in [2.75, 3.05) is 6.54 Å². The molecule has 0 saturated carbocycles. The van der Waals surface area contributed by atoms with E-state index in [0.717, 1.165) is 4.57 Å².